The summed E-state index contributed by atoms with van der Waals surface area (Å²) in [5, 5.41) is 9.33. The average Bonchev–Trinajstić information content (AvgIpc) is 3.25. The van der Waals surface area contributed by atoms with E-state index in [1.165, 1.54) is 0 Å². The maximum atomic E-state index is 14.7. The molecule has 228 valence electrons. The first kappa shape index (κ1) is 30.7. The summed E-state index contributed by atoms with van der Waals surface area (Å²) in [6.07, 6.45) is 11.3. The van der Waals surface area contributed by atoms with E-state index in [2.05, 4.69) is 63.0 Å². The topological polar surface area (TPSA) is 84.4 Å². The second-order valence-corrected chi connectivity index (χ2v) is 13.8. The van der Waals surface area contributed by atoms with Crippen molar-refractivity contribution >= 4 is 40.9 Å². The molecule has 5 rings (SSSR count). The number of hydrogen-bond acceptors (Lipinski definition) is 6. The molecule has 2 fully saturated rings. The SMILES string of the molecule is CCCN1CC=C[C@]2(C)S[C@]34C=CCN(c5ccc(N(CC)CC)cc5)C(=O)C3N(CCCCCO)C(=O)[C@@H]4[C@@H]2C1=O. The van der Waals surface area contributed by atoms with Gasteiger partial charge in [-0.3, -0.25) is 14.4 Å². The van der Waals surface area contributed by atoms with Gasteiger partial charge >= 0.3 is 0 Å². The van der Waals surface area contributed by atoms with Crippen LogP contribution in [0.5, 0.6) is 0 Å². The fourth-order valence-corrected chi connectivity index (χ4v) is 9.68. The fraction of sp³-hybridized carbons (Fsp3) is 0.606. The van der Waals surface area contributed by atoms with Gasteiger partial charge in [0.05, 0.1) is 16.6 Å². The highest BCUT2D eigenvalue weighted by molar-refractivity contribution is 8.02. The lowest BCUT2D eigenvalue weighted by Gasteiger charge is -2.37. The summed E-state index contributed by atoms with van der Waals surface area (Å²) in [5.74, 6) is -1.33. The van der Waals surface area contributed by atoms with Crippen LogP contribution >= 0.6 is 11.8 Å². The van der Waals surface area contributed by atoms with Gasteiger partial charge in [-0.2, -0.15) is 0 Å². The number of anilines is 2. The highest BCUT2D eigenvalue weighted by Crippen LogP contribution is 2.65. The lowest BCUT2D eigenvalue weighted by Crippen LogP contribution is -2.53. The first-order chi connectivity index (χ1) is 20.3. The van der Waals surface area contributed by atoms with Gasteiger partial charge in [0.1, 0.15) is 6.04 Å². The number of likely N-dealkylation sites (tertiary alicyclic amines) is 1. The van der Waals surface area contributed by atoms with Crippen LogP contribution in [0.3, 0.4) is 0 Å². The smallest absolute Gasteiger partial charge is 0.251 e. The zero-order valence-electron chi connectivity index (χ0n) is 25.5. The first-order valence-electron chi connectivity index (χ1n) is 15.7. The number of nitrogens with zero attached hydrogens (tertiary/aromatic N) is 4. The molecule has 1 aromatic carbocycles. The van der Waals surface area contributed by atoms with Crippen molar-refractivity contribution in [3.05, 3.63) is 48.6 Å². The number of benzene rings is 1. The molecule has 0 saturated carbocycles. The number of carbonyl (C=O) groups is 3. The second-order valence-electron chi connectivity index (χ2n) is 12.0. The second kappa shape index (κ2) is 12.4. The monoisotopic (exact) mass is 594 g/mol. The Morgan fingerprint density at radius 2 is 1.60 bits per heavy atom. The molecular weight excluding hydrogens is 548 g/mol. The third-order valence-corrected chi connectivity index (χ3v) is 11.3. The van der Waals surface area contributed by atoms with Gasteiger partial charge in [-0.1, -0.05) is 31.2 Å². The molecule has 4 aliphatic heterocycles. The van der Waals surface area contributed by atoms with Crippen molar-refractivity contribution in [1.29, 1.82) is 0 Å². The Morgan fingerprint density at radius 3 is 2.26 bits per heavy atom. The molecule has 4 heterocycles. The molecule has 3 amide bonds. The summed E-state index contributed by atoms with van der Waals surface area (Å²) >= 11 is 1.64. The zero-order chi connectivity index (χ0) is 30.1. The molecule has 2 saturated heterocycles. The molecule has 4 aliphatic rings. The minimum atomic E-state index is -0.838. The number of amides is 3. The summed E-state index contributed by atoms with van der Waals surface area (Å²) in [6, 6.07) is 7.41. The van der Waals surface area contributed by atoms with Crippen molar-refractivity contribution in [2.45, 2.75) is 68.9 Å². The highest BCUT2D eigenvalue weighted by atomic mass is 32.2. The van der Waals surface area contributed by atoms with Gasteiger partial charge in [0.15, 0.2) is 0 Å². The van der Waals surface area contributed by atoms with Crippen molar-refractivity contribution in [3.63, 3.8) is 0 Å². The largest absolute Gasteiger partial charge is 0.396 e. The molecule has 42 heavy (non-hydrogen) atoms. The Labute approximate surface area is 254 Å². The number of aliphatic hydroxyl groups excluding tert-OH is 1. The molecule has 1 unspecified atom stereocenters. The Bertz CT molecular complexity index is 1230. The Balaban J connectivity index is 1.55. The molecule has 5 atom stereocenters. The van der Waals surface area contributed by atoms with Crippen molar-refractivity contribution in [3.8, 4) is 0 Å². The Morgan fingerprint density at radius 1 is 0.881 bits per heavy atom. The summed E-state index contributed by atoms with van der Waals surface area (Å²) < 4.78 is -1.43. The van der Waals surface area contributed by atoms with Crippen LogP contribution in [0.15, 0.2) is 48.6 Å². The predicted molar refractivity (Wildman–Crippen MR) is 170 cm³/mol. The predicted octanol–water partition coefficient (Wildman–Crippen LogP) is 4.09. The molecule has 1 spiro atoms. The van der Waals surface area contributed by atoms with Crippen LogP contribution in [0.25, 0.3) is 0 Å². The summed E-state index contributed by atoms with van der Waals surface area (Å²) in [6.45, 7) is 12.3. The number of unbranched alkanes of at least 4 members (excludes halogenated alkanes) is 2. The van der Waals surface area contributed by atoms with E-state index in [4.69, 9.17) is 0 Å². The van der Waals surface area contributed by atoms with Gasteiger partial charge in [0, 0.05) is 62.0 Å². The number of fused-ring (bicyclic) bond motifs is 2. The van der Waals surface area contributed by atoms with Crippen molar-refractivity contribution in [1.82, 2.24) is 9.80 Å². The standard InChI is InChI=1S/C33H46N4O4S/c1-5-19-35-20-11-17-32(4)26(29(35)39)27-30(40)37(21-9-8-10-23-38)28-31(41)36(22-12-18-33(27,28)42-32)25-15-13-24(14-16-25)34(6-2)7-3/h11-18,26-28,38H,5-10,19-23H2,1-4H3/t26-,27+,28?,32+,33+/m1/s1. The molecule has 0 aliphatic carbocycles. The van der Waals surface area contributed by atoms with Crippen molar-refractivity contribution in [2.75, 3.05) is 55.7 Å². The van der Waals surface area contributed by atoms with E-state index >= 15 is 0 Å². The molecule has 9 heteroatoms. The van der Waals surface area contributed by atoms with E-state index in [1.54, 1.807) is 21.6 Å². The van der Waals surface area contributed by atoms with E-state index in [0.717, 1.165) is 37.3 Å². The van der Waals surface area contributed by atoms with E-state index in [0.29, 0.717) is 39.0 Å². The molecule has 0 aromatic heterocycles. The molecule has 1 N–H and O–H groups in total. The van der Waals surface area contributed by atoms with Crippen LogP contribution < -0.4 is 9.80 Å². The zero-order valence-corrected chi connectivity index (χ0v) is 26.3. The van der Waals surface area contributed by atoms with Crippen LogP contribution in [-0.4, -0.2) is 94.0 Å². The van der Waals surface area contributed by atoms with Crippen LogP contribution in [0.1, 0.15) is 53.4 Å². The Hall–Kier alpha value is -2.78. The van der Waals surface area contributed by atoms with Crippen LogP contribution in [0.4, 0.5) is 11.4 Å². The van der Waals surface area contributed by atoms with Gasteiger partial charge in [-0.05, 0) is 70.7 Å². The number of thioether (sulfide) groups is 1. The summed E-state index contributed by atoms with van der Waals surface area (Å²) in [5.41, 5.74) is 1.92. The normalized spacial score (nSPS) is 30.4. The van der Waals surface area contributed by atoms with Crippen LogP contribution in [-0.2, 0) is 14.4 Å². The molecule has 0 radical (unpaired) electrons. The maximum Gasteiger partial charge on any atom is 0.251 e. The maximum absolute atomic E-state index is 14.7. The first-order valence-corrected chi connectivity index (χ1v) is 16.5. The van der Waals surface area contributed by atoms with Gasteiger partial charge in [-0.25, -0.2) is 0 Å². The fourth-order valence-electron chi connectivity index (χ4n) is 7.52. The summed E-state index contributed by atoms with van der Waals surface area (Å²) in [7, 11) is 0. The lowest BCUT2D eigenvalue weighted by molar-refractivity contribution is -0.143. The average molecular weight is 595 g/mol. The third kappa shape index (κ3) is 5.06. The van der Waals surface area contributed by atoms with E-state index in [-0.39, 0.29) is 24.3 Å². The van der Waals surface area contributed by atoms with Crippen molar-refractivity contribution < 1.29 is 19.5 Å². The minimum Gasteiger partial charge on any atom is -0.396 e. The van der Waals surface area contributed by atoms with E-state index in [9.17, 15) is 19.5 Å². The van der Waals surface area contributed by atoms with Gasteiger partial charge in [-0.15, -0.1) is 11.8 Å². The van der Waals surface area contributed by atoms with Crippen LogP contribution in [0, 0.1) is 11.8 Å². The molecule has 0 bridgehead atoms. The number of hydrogen-bond donors (Lipinski definition) is 1. The number of aliphatic hydroxyl groups is 1. The highest BCUT2D eigenvalue weighted by Gasteiger charge is 2.73. The van der Waals surface area contributed by atoms with Crippen molar-refractivity contribution in [2.24, 2.45) is 11.8 Å². The van der Waals surface area contributed by atoms with E-state index < -0.39 is 27.4 Å². The van der Waals surface area contributed by atoms with Gasteiger partial charge < -0.3 is 24.7 Å². The van der Waals surface area contributed by atoms with E-state index in [1.807, 2.05) is 23.1 Å². The Kier molecular flexibility index (Phi) is 9.09. The lowest BCUT2D eigenvalue weighted by atomic mass is 9.74. The number of carbonyl (C=O) groups excluding carboxylic acids is 3. The molecule has 8 nitrogen and oxygen atoms in total. The summed E-state index contributed by atoms with van der Waals surface area (Å²) in [4.78, 5) is 51.0. The molecular formula is C33H46N4O4S. The minimum absolute atomic E-state index is 0.0156. The van der Waals surface area contributed by atoms with Gasteiger partial charge in [0.25, 0.3) is 5.91 Å². The number of rotatable bonds is 11. The van der Waals surface area contributed by atoms with Gasteiger partial charge in [0.2, 0.25) is 11.8 Å². The quantitative estimate of drug-likeness (QED) is 0.307. The molecule has 1 aromatic rings. The third-order valence-electron chi connectivity index (χ3n) is 9.48. The van der Waals surface area contributed by atoms with Crippen LogP contribution in [0.2, 0.25) is 0 Å².